The molecule has 0 saturated heterocycles. The smallest absolute Gasteiger partial charge is 0.303 e. The first-order valence-electron chi connectivity index (χ1n) is 8.20. The lowest BCUT2D eigenvalue weighted by Gasteiger charge is -2.32. The maximum absolute atomic E-state index is 11.3. The van der Waals surface area contributed by atoms with Crippen LogP contribution < -0.4 is 0 Å². The van der Waals surface area contributed by atoms with E-state index in [9.17, 15) is 15.0 Å². The van der Waals surface area contributed by atoms with Gasteiger partial charge in [-0.05, 0) is 18.9 Å². The fourth-order valence-corrected chi connectivity index (χ4v) is 3.93. The first-order chi connectivity index (χ1) is 11.0. The highest BCUT2D eigenvalue weighted by molar-refractivity contribution is 9.09. The Morgan fingerprint density at radius 1 is 1.35 bits per heavy atom. The van der Waals surface area contributed by atoms with Gasteiger partial charge in [0.1, 0.15) is 5.60 Å². The average molecular weight is 382 g/mol. The molecule has 3 unspecified atom stereocenters. The zero-order chi connectivity index (χ0) is 16.9. The predicted octanol–water partition coefficient (Wildman–Crippen LogP) is 4.41. The normalized spacial score (nSPS) is 21.9. The van der Waals surface area contributed by atoms with Crippen molar-refractivity contribution in [1.82, 2.24) is 0 Å². The quantitative estimate of drug-likeness (QED) is 0.491. The van der Waals surface area contributed by atoms with Crippen molar-refractivity contribution in [3.63, 3.8) is 0 Å². The third kappa shape index (κ3) is 4.42. The monoisotopic (exact) mass is 381 g/mol. The summed E-state index contributed by atoms with van der Waals surface area (Å²) in [6.45, 7) is 2.16. The molecule has 1 heterocycles. The van der Waals surface area contributed by atoms with E-state index in [4.69, 9.17) is 0 Å². The minimum Gasteiger partial charge on any atom is -0.481 e. The molecule has 0 aromatic heterocycles. The van der Waals surface area contributed by atoms with Crippen molar-refractivity contribution < 1.29 is 15.0 Å². The summed E-state index contributed by atoms with van der Waals surface area (Å²) in [6.07, 6.45) is 6.45. The maximum atomic E-state index is 11.3. The number of alkyl halides is 1. The van der Waals surface area contributed by atoms with Gasteiger partial charge in [0.2, 0.25) is 0 Å². The van der Waals surface area contributed by atoms with Crippen molar-refractivity contribution >= 4 is 33.8 Å². The molecule has 1 aromatic carbocycles. The number of hydrogen-bond acceptors (Lipinski definition) is 3. The van der Waals surface area contributed by atoms with Gasteiger partial charge in [0.15, 0.2) is 0 Å². The van der Waals surface area contributed by atoms with Crippen LogP contribution in [0.1, 0.15) is 51.0 Å². The summed E-state index contributed by atoms with van der Waals surface area (Å²) in [5.74, 6) is -1.30. The Morgan fingerprint density at radius 3 is 2.78 bits per heavy atom. The van der Waals surface area contributed by atoms with E-state index in [1.165, 1.54) is 12.6 Å². The van der Waals surface area contributed by atoms with Crippen LogP contribution in [-0.2, 0) is 10.4 Å². The van der Waals surface area contributed by atoms with Crippen LogP contribution in [-0.4, -0.2) is 27.2 Å². The second-order valence-electron chi connectivity index (χ2n) is 6.22. The van der Waals surface area contributed by atoms with Crippen LogP contribution in [0.15, 0.2) is 29.3 Å². The molecule has 5 heteroatoms. The lowest BCUT2D eigenvalue weighted by molar-refractivity contribution is -0.140. The number of aliphatic imine (C=N–C) groups is 1. The number of benzene rings is 1. The van der Waals surface area contributed by atoms with Gasteiger partial charge in [-0.15, -0.1) is 0 Å². The first kappa shape index (κ1) is 18.1. The molecule has 0 aliphatic carbocycles. The second-order valence-corrected chi connectivity index (χ2v) is 7.52. The molecule has 3 atom stereocenters. The highest BCUT2D eigenvalue weighted by Crippen LogP contribution is 2.43. The summed E-state index contributed by atoms with van der Waals surface area (Å²) >= 11 is 3.66. The number of aliphatic hydroxyl groups is 1. The zero-order valence-corrected chi connectivity index (χ0v) is 15.0. The molecule has 0 spiro atoms. The van der Waals surface area contributed by atoms with Crippen LogP contribution in [0, 0.1) is 5.92 Å². The van der Waals surface area contributed by atoms with Crippen molar-refractivity contribution in [2.45, 2.75) is 55.9 Å². The Bertz CT molecular complexity index is 575. The van der Waals surface area contributed by atoms with Gasteiger partial charge in [-0.25, -0.2) is 0 Å². The van der Waals surface area contributed by atoms with Gasteiger partial charge in [-0.2, -0.15) is 0 Å². The maximum Gasteiger partial charge on any atom is 0.303 e. The number of carboxylic acids is 1. The van der Waals surface area contributed by atoms with E-state index in [2.05, 4.69) is 27.8 Å². The topological polar surface area (TPSA) is 69.9 Å². The SMILES string of the molecule is CCCCCC(Br)CC(CC(=O)O)C1(O)C=Nc2ccccc21. The van der Waals surface area contributed by atoms with Gasteiger partial charge in [0, 0.05) is 22.5 Å². The van der Waals surface area contributed by atoms with E-state index in [-0.39, 0.29) is 11.2 Å². The molecule has 1 aromatic rings. The lowest BCUT2D eigenvalue weighted by atomic mass is 9.78. The number of unbranched alkanes of at least 4 members (excludes halogenated alkanes) is 2. The van der Waals surface area contributed by atoms with E-state index in [1.807, 2.05) is 24.3 Å². The van der Waals surface area contributed by atoms with E-state index in [0.29, 0.717) is 12.0 Å². The number of fused-ring (bicyclic) bond motifs is 1. The van der Waals surface area contributed by atoms with Crippen LogP contribution >= 0.6 is 15.9 Å². The molecule has 0 amide bonds. The molecule has 126 valence electrons. The summed E-state index contributed by atoms with van der Waals surface area (Å²) in [5.41, 5.74) is 0.133. The molecule has 1 aliphatic rings. The van der Waals surface area contributed by atoms with Gasteiger partial charge >= 0.3 is 5.97 Å². The molecule has 4 nitrogen and oxygen atoms in total. The first-order valence-corrected chi connectivity index (χ1v) is 9.12. The van der Waals surface area contributed by atoms with E-state index in [0.717, 1.165) is 24.9 Å². The van der Waals surface area contributed by atoms with Crippen LogP contribution in [0.25, 0.3) is 0 Å². The average Bonchev–Trinajstić information content (AvgIpc) is 2.86. The number of rotatable bonds is 9. The summed E-state index contributed by atoms with van der Waals surface area (Å²) in [7, 11) is 0. The zero-order valence-electron chi connectivity index (χ0n) is 13.4. The Balaban J connectivity index is 2.15. The van der Waals surface area contributed by atoms with Crippen LogP contribution in [0.2, 0.25) is 0 Å². The van der Waals surface area contributed by atoms with Crippen molar-refractivity contribution in [2.24, 2.45) is 10.9 Å². The Morgan fingerprint density at radius 2 is 2.09 bits per heavy atom. The molecular weight excluding hydrogens is 358 g/mol. The van der Waals surface area contributed by atoms with Gasteiger partial charge in [-0.3, -0.25) is 9.79 Å². The highest BCUT2D eigenvalue weighted by atomic mass is 79.9. The summed E-state index contributed by atoms with van der Waals surface area (Å²) in [6, 6.07) is 7.39. The third-order valence-corrected chi connectivity index (χ3v) is 5.27. The van der Waals surface area contributed by atoms with Crippen molar-refractivity contribution in [3.05, 3.63) is 29.8 Å². The fourth-order valence-electron chi connectivity index (χ4n) is 3.16. The number of nitrogens with zero attached hydrogens (tertiary/aromatic N) is 1. The summed E-state index contributed by atoms with van der Waals surface area (Å²) in [5, 5.41) is 20.4. The van der Waals surface area contributed by atoms with Crippen LogP contribution in [0.4, 0.5) is 5.69 Å². The molecular formula is C18H24BrNO3. The van der Waals surface area contributed by atoms with Crippen molar-refractivity contribution in [1.29, 1.82) is 0 Å². The predicted molar refractivity (Wildman–Crippen MR) is 95.7 cm³/mol. The number of para-hydroxylation sites is 1. The van der Waals surface area contributed by atoms with Gasteiger partial charge in [-0.1, -0.05) is 60.3 Å². The van der Waals surface area contributed by atoms with Gasteiger partial charge in [0.05, 0.1) is 12.1 Å². The fraction of sp³-hybridized carbons (Fsp3) is 0.556. The minimum atomic E-state index is -1.30. The Hall–Kier alpha value is -1.20. The molecule has 1 aliphatic heterocycles. The van der Waals surface area contributed by atoms with Gasteiger partial charge < -0.3 is 10.2 Å². The standard InChI is InChI=1S/C18H24BrNO3/c1-2-3-4-7-14(19)10-13(11-17(21)22)18(23)12-20-16-9-6-5-8-15(16)18/h5-6,8-9,12-14,23H,2-4,7,10-11H2,1H3,(H,21,22). The molecule has 0 bridgehead atoms. The number of hydrogen-bond donors (Lipinski definition) is 2. The Labute approximate surface area is 145 Å². The van der Waals surface area contributed by atoms with Crippen molar-refractivity contribution in [3.8, 4) is 0 Å². The number of carbonyl (C=O) groups is 1. The number of carboxylic acid groups (broad SMARTS) is 1. The third-order valence-electron chi connectivity index (χ3n) is 4.44. The minimum absolute atomic E-state index is 0.0767. The molecule has 2 rings (SSSR count). The summed E-state index contributed by atoms with van der Waals surface area (Å²) in [4.78, 5) is 15.8. The number of halogens is 1. The van der Waals surface area contributed by atoms with Gasteiger partial charge in [0.25, 0.3) is 0 Å². The largest absolute Gasteiger partial charge is 0.481 e. The van der Waals surface area contributed by atoms with Crippen molar-refractivity contribution in [2.75, 3.05) is 0 Å². The molecule has 0 saturated carbocycles. The molecule has 0 fully saturated rings. The Kier molecular flexibility index (Phi) is 6.36. The number of aliphatic carboxylic acids is 1. The van der Waals surface area contributed by atoms with E-state index < -0.39 is 17.5 Å². The molecule has 0 radical (unpaired) electrons. The van der Waals surface area contributed by atoms with E-state index in [1.54, 1.807) is 0 Å². The molecule has 2 N–H and O–H groups in total. The second kappa shape index (κ2) is 8.06. The lowest BCUT2D eigenvalue weighted by Crippen LogP contribution is -2.37. The van der Waals surface area contributed by atoms with Crippen LogP contribution in [0.5, 0.6) is 0 Å². The molecule has 23 heavy (non-hydrogen) atoms. The highest BCUT2D eigenvalue weighted by Gasteiger charge is 2.43. The summed E-state index contributed by atoms with van der Waals surface area (Å²) < 4.78 is 0. The van der Waals surface area contributed by atoms with Crippen LogP contribution in [0.3, 0.4) is 0 Å². The van der Waals surface area contributed by atoms with E-state index >= 15 is 0 Å².